The first kappa shape index (κ1) is 24.9. The lowest BCUT2D eigenvalue weighted by Gasteiger charge is -2.38. The number of rotatable bonds is 3. The Morgan fingerprint density at radius 3 is 2.31 bits per heavy atom. The van der Waals surface area contributed by atoms with E-state index in [0.717, 1.165) is 70.2 Å². The lowest BCUT2D eigenvalue weighted by atomic mass is 9.96. The van der Waals surface area contributed by atoms with E-state index in [1.807, 2.05) is 21.6 Å². The van der Waals surface area contributed by atoms with Crippen LogP contribution in [0, 0.1) is 0 Å². The van der Waals surface area contributed by atoms with E-state index in [9.17, 15) is 9.59 Å². The molecule has 0 aromatic heterocycles. The average molecular weight is 468 g/mol. The van der Waals surface area contributed by atoms with Gasteiger partial charge in [-0.15, -0.1) is 36.6 Å². The van der Waals surface area contributed by atoms with Crippen LogP contribution in [0.4, 0.5) is 4.79 Å². The molecule has 1 aliphatic carbocycles. The topological polar surface area (TPSA) is 67.9 Å². The first-order chi connectivity index (χ1) is 13.2. The number of halogens is 2. The van der Waals surface area contributed by atoms with Gasteiger partial charge in [0.25, 0.3) is 0 Å². The van der Waals surface area contributed by atoms with Crippen LogP contribution < -0.4 is 10.6 Å². The maximum atomic E-state index is 12.6. The number of urea groups is 1. The Morgan fingerprint density at radius 2 is 1.66 bits per heavy atom. The fourth-order valence-corrected chi connectivity index (χ4v) is 5.75. The summed E-state index contributed by atoms with van der Waals surface area (Å²) in [5.41, 5.74) is 0. The maximum absolute atomic E-state index is 12.6. The van der Waals surface area contributed by atoms with Gasteiger partial charge in [0.1, 0.15) is 0 Å². The summed E-state index contributed by atoms with van der Waals surface area (Å²) in [5.74, 6) is 2.18. The van der Waals surface area contributed by atoms with Gasteiger partial charge in [0.2, 0.25) is 5.91 Å². The number of carbonyl (C=O) groups is 2. The Kier molecular flexibility index (Phi) is 10.1. The van der Waals surface area contributed by atoms with Gasteiger partial charge in [0, 0.05) is 57.1 Å². The van der Waals surface area contributed by atoms with E-state index in [1.165, 1.54) is 19.3 Å². The van der Waals surface area contributed by atoms with Crippen LogP contribution in [0.5, 0.6) is 0 Å². The Bertz CT molecular complexity index is 539. The molecule has 0 radical (unpaired) electrons. The van der Waals surface area contributed by atoms with Crippen molar-refractivity contribution >= 4 is 48.5 Å². The van der Waals surface area contributed by atoms with E-state index in [1.54, 1.807) is 0 Å². The minimum Gasteiger partial charge on any atom is -0.335 e. The molecule has 4 fully saturated rings. The molecule has 1 saturated carbocycles. The third kappa shape index (κ3) is 6.29. The van der Waals surface area contributed by atoms with Crippen LogP contribution in [-0.2, 0) is 4.79 Å². The van der Waals surface area contributed by atoms with Gasteiger partial charge in [-0.25, -0.2) is 4.79 Å². The second-order valence-electron chi connectivity index (χ2n) is 8.30. The second kappa shape index (κ2) is 11.8. The molecule has 168 valence electrons. The number of nitrogens with one attached hydrogen (secondary N) is 2. The van der Waals surface area contributed by atoms with E-state index in [-0.39, 0.29) is 42.8 Å². The van der Waals surface area contributed by atoms with Gasteiger partial charge in [-0.1, -0.05) is 19.3 Å². The molecule has 29 heavy (non-hydrogen) atoms. The number of hydrogen-bond acceptors (Lipinski definition) is 5. The monoisotopic (exact) mass is 467 g/mol. The smallest absolute Gasteiger partial charge is 0.317 e. The van der Waals surface area contributed by atoms with E-state index in [4.69, 9.17) is 0 Å². The van der Waals surface area contributed by atoms with Crippen molar-refractivity contribution in [1.82, 2.24) is 25.3 Å². The highest BCUT2D eigenvalue weighted by Gasteiger charge is 2.37. The molecule has 3 aliphatic heterocycles. The van der Waals surface area contributed by atoms with Crippen LogP contribution in [-0.4, -0.2) is 95.7 Å². The van der Waals surface area contributed by atoms with E-state index in [2.05, 4.69) is 15.5 Å². The molecule has 3 heterocycles. The van der Waals surface area contributed by atoms with Gasteiger partial charge < -0.3 is 20.4 Å². The molecule has 10 heteroatoms. The van der Waals surface area contributed by atoms with Crippen molar-refractivity contribution in [3.05, 3.63) is 0 Å². The molecule has 0 unspecified atom stereocenters. The van der Waals surface area contributed by atoms with Gasteiger partial charge in [0.15, 0.2) is 0 Å². The van der Waals surface area contributed by atoms with Gasteiger partial charge in [-0.2, -0.15) is 0 Å². The van der Waals surface area contributed by atoms with Gasteiger partial charge in [-0.3, -0.25) is 9.69 Å². The van der Waals surface area contributed by atoms with Crippen molar-refractivity contribution in [2.45, 2.75) is 56.7 Å². The highest BCUT2D eigenvalue weighted by Crippen LogP contribution is 2.21. The van der Waals surface area contributed by atoms with Crippen molar-refractivity contribution < 1.29 is 9.59 Å². The van der Waals surface area contributed by atoms with Gasteiger partial charge in [-0.05, 0) is 19.3 Å². The summed E-state index contributed by atoms with van der Waals surface area (Å²) in [5, 5.41) is 6.66. The number of nitrogens with zero attached hydrogens (tertiary/aromatic N) is 3. The molecule has 3 saturated heterocycles. The van der Waals surface area contributed by atoms with E-state index >= 15 is 0 Å². The van der Waals surface area contributed by atoms with Crippen LogP contribution in [0.25, 0.3) is 0 Å². The quantitative estimate of drug-likeness (QED) is 0.661. The fraction of sp³-hybridized carbons (Fsp3) is 0.895. The summed E-state index contributed by atoms with van der Waals surface area (Å²) in [7, 11) is 0. The number of piperazine rings is 1. The Hall–Kier alpha value is -0.410. The standard InChI is InChI=1S/C19H33N5O2S.2ClH/c25-18(24-10-11-27-14-24)17-12-16(13-20-17)22-6-8-23(9-7-22)19(26)21-15-4-2-1-3-5-15;;/h15-17,20H,1-14H2,(H,21,26);2*1H/t16-,17-;;/m0../s1. The molecule has 4 aliphatic rings. The summed E-state index contributed by atoms with van der Waals surface area (Å²) < 4.78 is 0. The normalized spacial score (nSPS) is 28.6. The molecular weight excluding hydrogens is 433 g/mol. The van der Waals surface area contributed by atoms with Crippen LogP contribution in [0.3, 0.4) is 0 Å². The third-order valence-electron chi connectivity index (χ3n) is 6.52. The van der Waals surface area contributed by atoms with Crippen molar-refractivity contribution in [3.63, 3.8) is 0 Å². The third-order valence-corrected chi connectivity index (χ3v) is 7.49. The zero-order chi connectivity index (χ0) is 18.6. The summed E-state index contributed by atoms with van der Waals surface area (Å²) in [6, 6.07) is 0.878. The lowest BCUT2D eigenvalue weighted by Crippen LogP contribution is -2.55. The number of hydrogen-bond donors (Lipinski definition) is 2. The highest BCUT2D eigenvalue weighted by molar-refractivity contribution is 7.99. The molecule has 0 bridgehead atoms. The zero-order valence-corrected chi connectivity index (χ0v) is 19.5. The van der Waals surface area contributed by atoms with Gasteiger partial charge in [0.05, 0.1) is 11.9 Å². The minimum absolute atomic E-state index is 0. The number of amides is 3. The van der Waals surface area contributed by atoms with Crippen molar-refractivity contribution in [2.75, 3.05) is 50.9 Å². The summed E-state index contributed by atoms with van der Waals surface area (Å²) in [6.45, 7) is 5.16. The van der Waals surface area contributed by atoms with Crippen molar-refractivity contribution in [3.8, 4) is 0 Å². The molecule has 4 rings (SSSR count). The Labute approximate surface area is 190 Å². The predicted octanol–water partition coefficient (Wildman–Crippen LogP) is 1.75. The zero-order valence-electron chi connectivity index (χ0n) is 17.0. The SMILES string of the molecule is Cl.Cl.O=C(NC1CCCCC1)N1CCN([C@@H]2CN[C@H](C(=O)N3CCSC3)C2)CC1. The van der Waals surface area contributed by atoms with Crippen molar-refractivity contribution in [1.29, 1.82) is 0 Å². The molecule has 0 aromatic rings. The Morgan fingerprint density at radius 1 is 0.931 bits per heavy atom. The highest BCUT2D eigenvalue weighted by atomic mass is 35.5. The van der Waals surface area contributed by atoms with Crippen LogP contribution in [0.1, 0.15) is 38.5 Å². The van der Waals surface area contributed by atoms with E-state index in [0.29, 0.717) is 12.1 Å². The average Bonchev–Trinajstić information content (AvgIpc) is 3.41. The molecule has 7 nitrogen and oxygen atoms in total. The lowest BCUT2D eigenvalue weighted by molar-refractivity contribution is -0.131. The molecule has 2 atom stereocenters. The minimum atomic E-state index is -0.0265. The maximum Gasteiger partial charge on any atom is 0.317 e. The summed E-state index contributed by atoms with van der Waals surface area (Å²) in [6.07, 6.45) is 6.94. The van der Waals surface area contributed by atoms with Gasteiger partial charge >= 0.3 is 6.03 Å². The Balaban J connectivity index is 0.00000150. The van der Waals surface area contributed by atoms with Crippen LogP contribution in [0.2, 0.25) is 0 Å². The largest absolute Gasteiger partial charge is 0.335 e. The molecular formula is C19H35Cl2N5O2S. The fourth-order valence-electron chi connectivity index (χ4n) is 4.79. The van der Waals surface area contributed by atoms with Crippen LogP contribution in [0.15, 0.2) is 0 Å². The molecule has 2 N–H and O–H groups in total. The first-order valence-corrected chi connectivity index (χ1v) is 11.8. The van der Waals surface area contributed by atoms with E-state index < -0.39 is 0 Å². The summed E-state index contributed by atoms with van der Waals surface area (Å²) >= 11 is 1.84. The predicted molar refractivity (Wildman–Crippen MR) is 122 cm³/mol. The molecule has 0 spiro atoms. The summed E-state index contributed by atoms with van der Waals surface area (Å²) in [4.78, 5) is 31.5. The van der Waals surface area contributed by atoms with Crippen LogP contribution >= 0.6 is 36.6 Å². The first-order valence-electron chi connectivity index (χ1n) is 10.6. The van der Waals surface area contributed by atoms with Crippen molar-refractivity contribution in [2.24, 2.45) is 0 Å². The number of thioether (sulfide) groups is 1. The number of carbonyl (C=O) groups excluding carboxylic acids is 2. The molecule has 3 amide bonds. The second-order valence-corrected chi connectivity index (χ2v) is 9.37. The molecule has 0 aromatic carbocycles.